The minimum atomic E-state index is -0.622. The molecule has 0 heterocycles. The number of unbranched alkanes of at least 4 members (excludes halogenated alkanes) is 2. The summed E-state index contributed by atoms with van der Waals surface area (Å²) in [6.45, 7) is 8.54. The van der Waals surface area contributed by atoms with Crippen molar-refractivity contribution in [1.29, 1.82) is 0 Å². The van der Waals surface area contributed by atoms with Gasteiger partial charge in [0.2, 0.25) is 0 Å². The zero-order valence-corrected chi connectivity index (χ0v) is 27.9. The van der Waals surface area contributed by atoms with Gasteiger partial charge in [-0.1, -0.05) is 91.9 Å². The van der Waals surface area contributed by atoms with Crippen LogP contribution in [0.3, 0.4) is 0 Å². The molecule has 2 atom stereocenters. The summed E-state index contributed by atoms with van der Waals surface area (Å²) in [6, 6.07) is 29.8. The minimum absolute atomic E-state index is 0. The Labute approximate surface area is 273 Å². The first-order valence-electron chi connectivity index (χ1n) is 15.4. The van der Waals surface area contributed by atoms with Gasteiger partial charge in [-0.05, 0) is 11.8 Å². The summed E-state index contributed by atoms with van der Waals surface area (Å²) < 4.78 is 52.1. The van der Waals surface area contributed by atoms with Crippen molar-refractivity contribution >= 4 is 0 Å². The first kappa shape index (κ1) is 40.6. The second-order valence-electron chi connectivity index (χ2n) is 10.5. The van der Waals surface area contributed by atoms with Crippen LogP contribution in [0.1, 0.15) is 90.2 Å². The van der Waals surface area contributed by atoms with Gasteiger partial charge in [0.05, 0.1) is 0 Å². The summed E-state index contributed by atoms with van der Waals surface area (Å²) in [6.07, 6.45) is 10.4. The first-order valence-corrected chi connectivity index (χ1v) is 15.4. The van der Waals surface area contributed by atoms with Crippen LogP contribution in [0.4, 0.5) is 17.6 Å². The van der Waals surface area contributed by atoms with E-state index in [2.05, 4.69) is 39.8 Å². The quantitative estimate of drug-likeness (QED) is 0.0832. The van der Waals surface area contributed by atoms with Crippen LogP contribution in [0.5, 0.6) is 0 Å². The molecule has 0 saturated carbocycles. The van der Waals surface area contributed by atoms with Crippen molar-refractivity contribution in [3.8, 4) is 0 Å². The van der Waals surface area contributed by atoms with Gasteiger partial charge in [0.25, 0.3) is 0 Å². The largest absolute Gasteiger partial charge is 4.00 e. The maximum absolute atomic E-state index is 13.4. The van der Waals surface area contributed by atoms with Crippen molar-refractivity contribution in [2.75, 3.05) is 0 Å². The van der Waals surface area contributed by atoms with Gasteiger partial charge >= 0.3 is 21.7 Å². The van der Waals surface area contributed by atoms with Gasteiger partial charge < -0.3 is 0 Å². The van der Waals surface area contributed by atoms with Crippen LogP contribution in [0, 0.1) is 47.2 Å². The Morgan fingerprint density at radius 2 is 0.930 bits per heavy atom. The predicted molar refractivity (Wildman–Crippen MR) is 168 cm³/mol. The van der Waals surface area contributed by atoms with E-state index in [-0.39, 0.29) is 21.7 Å². The second kappa shape index (κ2) is 26.0. The molecule has 4 aromatic rings. The van der Waals surface area contributed by atoms with E-state index in [4.69, 9.17) is 0 Å². The molecule has 0 nitrogen and oxygen atoms in total. The Morgan fingerprint density at radius 3 is 1.16 bits per heavy atom. The molecule has 232 valence electrons. The average molecular weight is 629 g/mol. The topological polar surface area (TPSA) is 0 Å². The van der Waals surface area contributed by atoms with E-state index in [9.17, 15) is 17.6 Å². The number of rotatable bonds is 12. The second-order valence-corrected chi connectivity index (χ2v) is 10.5. The Hall–Kier alpha value is -2.43. The zero-order chi connectivity index (χ0) is 31.0. The molecule has 0 aliphatic heterocycles. The molecule has 0 radical (unpaired) electrons. The normalized spacial score (nSPS) is 11.3. The maximum Gasteiger partial charge on any atom is 4.00 e. The van der Waals surface area contributed by atoms with E-state index in [1.54, 1.807) is 0 Å². The van der Waals surface area contributed by atoms with Crippen molar-refractivity contribution in [2.24, 2.45) is 11.8 Å². The van der Waals surface area contributed by atoms with Crippen molar-refractivity contribution < 1.29 is 39.3 Å². The Morgan fingerprint density at radius 1 is 0.581 bits per heavy atom. The molecule has 0 aromatic heterocycles. The van der Waals surface area contributed by atoms with Crippen molar-refractivity contribution in [1.82, 2.24) is 0 Å². The summed E-state index contributed by atoms with van der Waals surface area (Å²) in [7, 11) is 0. The molecule has 0 aliphatic carbocycles. The summed E-state index contributed by atoms with van der Waals surface area (Å²) >= 11 is 0. The third-order valence-electron chi connectivity index (χ3n) is 7.10. The van der Waals surface area contributed by atoms with Crippen LogP contribution in [-0.4, -0.2) is 0 Å². The molecule has 0 saturated heterocycles. The SMILES string of the molecule is CCCCC(CC)Cc1ccc(F)[c-]c1F.CCCCC(CC)Cc1ccc(F)[c-]c1F.[Ti+4].c1cc[cH-]c1.c1cc[cH-]c1. The molecule has 4 aromatic carbocycles. The van der Waals surface area contributed by atoms with Gasteiger partial charge in [-0.2, -0.15) is 48.5 Å². The van der Waals surface area contributed by atoms with Gasteiger partial charge in [-0.15, -0.1) is 35.4 Å². The van der Waals surface area contributed by atoms with Crippen LogP contribution in [-0.2, 0) is 34.6 Å². The van der Waals surface area contributed by atoms with Crippen LogP contribution in [0.25, 0.3) is 0 Å². The molecular formula is C38H48F4Ti. The summed E-state index contributed by atoms with van der Waals surface area (Å²) in [5.74, 6) is -1.32. The van der Waals surface area contributed by atoms with Gasteiger partial charge in [-0.25, -0.2) is 41.8 Å². The van der Waals surface area contributed by atoms with Crippen molar-refractivity contribution in [3.05, 3.63) is 131 Å². The fraction of sp³-hybridized carbons (Fsp3) is 0.421. The van der Waals surface area contributed by atoms with E-state index in [1.165, 1.54) is 37.1 Å². The van der Waals surface area contributed by atoms with Crippen molar-refractivity contribution in [3.63, 3.8) is 0 Å². The third kappa shape index (κ3) is 19.5. The Bertz CT molecular complexity index is 1010. The standard InChI is InChI=1S/2C14H19F2.2C5H5.Ti/c2*1-3-5-6-11(4-2)9-12-7-8-13(15)10-14(12)16;2*1-2-4-5-3-1;/h2*7-8,11H,3-6,9H2,1-2H3;2*1-5H;/q4*-1;+4. The Kier molecular flexibility index (Phi) is 24.5. The van der Waals surface area contributed by atoms with Crippen LogP contribution in [0.2, 0.25) is 0 Å². The predicted octanol–water partition coefficient (Wildman–Crippen LogP) is 11.9. The molecule has 0 bridgehead atoms. The van der Waals surface area contributed by atoms with Gasteiger partial charge in [0.1, 0.15) is 0 Å². The smallest absolute Gasteiger partial charge is 0.236 e. The van der Waals surface area contributed by atoms with E-state index < -0.39 is 23.3 Å². The first-order chi connectivity index (χ1) is 20.3. The molecule has 43 heavy (non-hydrogen) atoms. The summed E-state index contributed by atoms with van der Waals surface area (Å²) in [5, 5.41) is 0. The molecule has 4 rings (SSSR count). The van der Waals surface area contributed by atoms with Crippen molar-refractivity contribution in [2.45, 2.75) is 91.9 Å². The van der Waals surface area contributed by atoms with Gasteiger partial charge in [0, 0.05) is 23.3 Å². The molecule has 2 unspecified atom stereocenters. The Balaban J connectivity index is 0.000000608. The van der Waals surface area contributed by atoms with E-state index >= 15 is 0 Å². The van der Waals surface area contributed by atoms with Gasteiger partial charge in [-0.3, -0.25) is 0 Å². The fourth-order valence-corrected chi connectivity index (χ4v) is 4.41. The maximum atomic E-state index is 13.4. The third-order valence-corrected chi connectivity index (χ3v) is 7.10. The molecule has 0 spiro atoms. The molecule has 0 aliphatic rings. The molecule has 0 N–H and O–H groups in total. The monoisotopic (exact) mass is 628 g/mol. The van der Waals surface area contributed by atoms with E-state index in [0.717, 1.165) is 38.5 Å². The fourth-order valence-electron chi connectivity index (χ4n) is 4.41. The average Bonchev–Trinajstić information content (AvgIpc) is 3.76. The number of hydrogen-bond donors (Lipinski definition) is 0. The number of hydrogen-bond acceptors (Lipinski definition) is 0. The molecule has 0 amide bonds. The van der Waals surface area contributed by atoms with Crippen LogP contribution >= 0.6 is 0 Å². The van der Waals surface area contributed by atoms with Crippen LogP contribution < -0.4 is 0 Å². The van der Waals surface area contributed by atoms with E-state index in [0.29, 0.717) is 35.8 Å². The number of halogens is 4. The van der Waals surface area contributed by atoms with E-state index in [1.807, 2.05) is 60.7 Å². The number of benzene rings is 2. The minimum Gasteiger partial charge on any atom is -0.236 e. The van der Waals surface area contributed by atoms with Gasteiger partial charge in [0.15, 0.2) is 0 Å². The van der Waals surface area contributed by atoms with Crippen LogP contribution in [0.15, 0.2) is 84.9 Å². The molecule has 5 heteroatoms. The molecule has 0 fully saturated rings. The zero-order valence-electron chi connectivity index (χ0n) is 26.3. The molecular weight excluding hydrogens is 580 g/mol. The summed E-state index contributed by atoms with van der Waals surface area (Å²) in [5.41, 5.74) is 1.17. The summed E-state index contributed by atoms with van der Waals surface area (Å²) in [4.78, 5) is 0.